The topological polar surface area (TPSA) is 45.2 Å². The van der Waals surface area contributed by atoms with Crippen LogP contribution >= 0.6 is 23.2 Å². The number of aromatic nitrogens is 3. The third kappa shape index (κ3) is 2.78. The minimum absolute atomic E-state index is 0.140. The maximum Gasteiger partial charge on any atom is 0.231 e. The van der Waals surface area contributed by atoms with Gasteiger partial charge in [-0.25, -0.2) is 0 Å². The van der Waals surface area contributed by atoms with Gasteiger partial charge in [0.2, 0.25) is 16.5 Å². The van der Waals surface area contributed by atoms with Crippen molar-refractivity contribution in [1.82, 2.24) is 19.9 Å². The molecule has 0 N–H and O–H groups in total. The van der Waals surface area contributed by atoms with Crippen molar-refractivity contribution in [2.24, 2.45) is 5.92 Å². The fraction of sp³-hybridized carbons (Fsp3) is 0.700. The highest BCUT2D eigenvalue weighted by Gasteiger charge is 2.32. The third-order valence-corrected chi connectivity index (χ3v) is 3.43. The number of nitrogens with zero attached hydrogens (tertiary/aromatic N) is 5. The number of rotatable bonds is 2. The number of hydrogen-bond donors (Lipinski definition) is 0. The van der Waals surface area contributed by atoms with E-state index in [1.54, 1.807) is 0 Å². The fourth-order valence-electron chi connectivity index (χ4n) is 2.24. The normalized spacial score (nSPS) is 24.7. The largest absolute Gasteiger partial charge is 0.339 e. The standard InChI is InChI=1S/C10H15Cl2N5/c1-6-4-17(5-7(6)16(2)3)10-14-8(11)13-9(12)15-10/h6-7H,4-5H2,1-3H3. The summed E-state index contributed by atoms with van der Waals surface area (Å²) in [6.45, 7) is 4.00. The van der Waals surface area contributed by atoms with Gasteiger partial charge < -0.3 is 9.80 Å². The zero-order valence-electron chi connectivity index (χ0n) is 10.1. The van der Waals surface area contributed by atoms with Gasteiger partial charge in [-0.2, -0.15) is 15.0 Å². The van der Waals surface area contributed by atoms with E-state index in [1.807, 2.05) is 0 Å². The highest BCUT2D eigenvalue weighted by Crippen LogP contribution is 2.24. The molecule has 2 atom stereocenters. The second-order valence-electron chi connectivity index (χ2n) is 4.59. The highest BCUT2D eigenvalue weighted by atomic mass is 35.5. The zero-order valence-corrected chi connectivity index (χ0v) is 11.6. The zero-order chi connectivity index (χ0) is 12.6. The lowest BCUT2D eigenvalue weighted by molar-refractivity contribution is 0.266. The van der Waals surface area contributed by atoms with Crippen LogP contribution < -0.4 is 4.90 Å². The van der Waals surface area contributed by atoms with E-state index in [1.165, 1.54) is 0 Å². The van der Waals surface area contributed by atoms with Crippen molar-refractivity contribution in [2.75, 3.05) is 32.1 Å². The summed E-state index contributed by atoms with van der Waals surface area (Å²) in [4.78, 5) is 16.3. The summed E-state index contributed by atoms with van der Waals surface area (Å²) >= 11 is 11.6. The lowest BCUT2D eigenvalue weighted by atomic mass is 10.1. The molecule has 1 saturated heterocycles. The van der Waals surface area contributed by atoms with Gasteiger partial charge in [0.05, 0.1) is 0 Å². The van der Waals surface area contributed by atoms with Crippen LogP contribution in [0.4, 0.5) is 5.95 Å². The Morgan fingerprint density at radius 3 is 2.18 bits per heavy atom. The summed E-state index contributed by atoms with van der Waals surface area (Å²) < 4.78 is 0. The molecule has 2 heterocycles. The van der Waals surface area contributed by atoms with E-state index in [2.05, 4.69) is 45.8 Å². The molecule has 0 aliphatic carbocycles. The van der Waals surface area contributed by atoms with E-state index in [9.17, 15) is 0 Å². The Hall–Kier alpha value is -0.650. The molecule has 5 nitrogen and oxygen atoms in total. The van der Waals surface area contributed by atoms with E-state index in [-0.39, 0.29) is 10.6 Å². The Morgan fingerprint density at radius 1 is 1.12 bits per heavy atom. The van der Waals surface area contributed by atoms with Crippen molar-refractivity contribution in [2.45, 2.75) is 13.0 Å². The Kier molecular flexibility index (Phi) is 3.70. The van der Waals surface area contributed by atoms with Crippen molar-refractivity contribution >= 4 is 29.2 Å². The smallest absolute Gasteiger partial charge is 0.231 e. The fourth-order valence-corrected chi connectivity index (χ4v) is 2.60. The lowest BCUT2D eigenvalue weighted by Gasteiger charge is -2.22. The van der Waals surface area contributed by atoms with E-state index >= 15 is 0 Å². The van der Waals surface area contributed by atoms with Crippen molar-refractivity contribution in [3.63, 3.8) is 0 Å². The van der Waals surface area contributed by atoms with Crippen molar-refractivity contribution in [1.29, 1.82) is 0 Å². The number of halogens is 2. The number of likely N-dealkylation sites (N-methyl/N-ethyl adjacent to an activating group) is 1. The maximum atomic E-state index is 5.78. The van der Waals surface area contributed by atoms with Gasteiger partial charge in [-0.05, 0) is 43.2 Å². The van der Waals surface area contributed by atoms with E-state index in [0.717, 1.165) is 13.1 Å². The molecule has 0 spiro atoms. The molecule has 0 bridgehead atoms. The van der Waals surface area contributed by atoms with Crippen LogP contribution in [0.2, 0.25) is 10.6 Å². The van der Waals surface area contributed by atoms with Crippen LogP contribution in [0.5, 0.6) is 0 Å². The van der Waals surface area contributed by atoms with Crippen molar-refractivity contribution < 1.29 is 0 Å². The minimum atomic E-state index is 0.140. The highest BCUT2D eigenvalue weighted by molar-refractivity contribution is 6.31. The third-order valence-electron chi connectivity index (χ3n) is 3.09. The SMILES string of the molecule is CC1CN(c2nc(Cl)nc(Cl)n2)CC1N(C)C. The van der Waals surface area contributed by atoms with Gasteiger partial charge >= 0.3 is 0 Å². The first kappa shape index (κ1) is 12.8. The lowest BCUT2D eigenvalue weighted by Crippen LogP contribution is -2.34. The summed E-state index contributed by atoms with van der Waals surface area (Å²) in [6, 6.07) is 0.490. The van der Waals surface area contributed by atoms with Crippen LogP contribution in [0.3, 0.4) is 0 Å². The second-order valence-corrected chi connectivity index (χ2v) is 5.26. The van der Waals surface area contributed by atoms with Crippen LogP contribution in [0.25, 0.3) is 0 Å². The molecular formula is C10H15Cl2N5. The molecule has 2 unspecified atom stereocenters. The molecule has 1 fully saturated rings. The van der Waals surface area contributed by atoms with Crippen LogP contribution in [-0.2, 0) is 0 Å². The maximum absolute atomic E-state index is 5.78. The number of hydrogen-bond acceptors (Lipinski definition) is 5. The molecule has 0 radical (unpaired) electrons. The molecule has 2 rings (SSSR count). The first-order chi connectivity index (χ1) is 7.97. The summed E-state index contributed by atoms with van der Waals surface area (Å²) in [5.74, 6) is 1.12. The molecular weight excluding hydrogens is 261 g/mol. The Bertz CT molecular complexity index is 391. The molecule has 0 aromatic carbocycles. The quantitative estimate of drug-likeness (QED) is 0.820. The minimum Gasteiger partial charge on any atom is -0.339 e. The van der Waals surface area contributed by atoms with E-state index in [0.29, 0.717) is 17.9 Å². The van der Waals surface area contributed by atoms with Gasteiger partial charge in [-0.3, -0.25) is 0 Å². The van der Waals surface area contributed by atoms with Gasteiger partial charge in [-0.1, -0.05) is 6.92 Å². The molecule has 1 aromatic heterocycles. The Morgan fingerprint density at radius 2 is 1.71 bits per heavy atom. The molecule has 17 heavy (non-hydrogen) atoms. The predicted molar refractivity (Wildman–Crippen MR) is 68.7 cm³/mol. The van der Waals surface area contributed by atoms with Gasteiger partial charge in [0.25, 0.3) is 0 Å². The molecule has 1 aromatic rings. The molecule has 1 aliphatic rings. The second kappa shape index (κ2) is 4.92. The average Bonchev–Trinajstić information content (AvgIpc) is 2.59. The van der Waals surface area contributed by atoms with Crippen LogP contribution in [0.1, 0.15) is 6.92 Å². The van der Waals surface area contributed by atoms with Crippen molar-refractivity contribution in [3.8, 4) is 0 Å². The molecule has 0 amide bonds. The summed E-state index contributed by atoms with van der Waals surface area (Å²) in [7, 11) is 4.16. The predicted octanol–water partition coefficient (Wildman–Crippen LogP) is 1.56. The van der Waals surface area contributed by atoms with Crippen LogP contribution in [0, 0.1) is 5.92 Å². The molecule has 7 heteroatoms. The van der Waals surface area contributed by atoms with Gasteiger partial charge in [-0.15, -0.1) is 0 Å². The van der Waals surface area contributed by atoms with E-state index < -0.39 is 0 Å². The first-order valence-corrected chi connectivity index (χ1v) is 6.21. The van der Waals surface area contributed by atoms with Crippen molar-refractivity contribution in [3.05, 3.63) is 10.6 Å². The molecule has 94 valence electrons. The average molecular weight is 276 g/mol. The Balaban J connectivity index is 2.19. The van der Waals surface area contributed by atoms with Crippen LogP contribution in [0.15, 0.2) is 0 Å². The summed E-state index contributed by atoms with van der Waals surface area (Å²) in [5, 5.41) is 0.280. The summed E-state index contributed by atoms with van der Waals surface area (Å²) in [6.07, 6.45) is 0. The van der Waals surface area contributed by atoms with Gasteiger partial charge in [0.15, 0.2) is 0 Å². The first-order valence-electron chi connectivity index (χ1n) is 5.46. The Labute approximate surface area is 111 Å². The monoisotopic (exact) mass is 275 g/mol. The molecule has 1 aliphatic heterocycles. The van der Waals surface area contributed by atoms with E-state index in [4.69, 9.17) is 23.2 Å². The van der Waals surface area contributed by atoms with Gasteiger partial charge in [0.1, 0.15) is 0 Å². The van der Waals surface area contributed by atoms with Gasteiger partial charge in [0, 0.05) is 19.1 Å². The number of anilines is 1. The molecule has 0 saturated carbocycles. The van der Waals surface area contributed by atoms with Crippen LogP contribution in [-0.4, -0.2) is 53.1 Å². The summed E-state index contributed by atoms with van der Waals surface area (Å²) in [5.41, 5.74) is 0.